The van der Waals surface area contributed by atoms with Crippen LogP contribution in [-0.2, 0) is 12.8 Å². The number of nitrogens with one attached hydrogen (secondary N) is 1. The van der Waals surface area contributed by atoms with Crippen molar-refractivity contribution >= 4 is 5.69 Å². The molecule has 104 valence electrons. The van der Waals surface area contributed by atoms with E-state index in [1.165, 1.54) is 16.8 Å². The van der Waals surface area contributed by atoms with Crippen LogP contribution in [0.5, 0.6) is 5.75 Å². The fourth-order valence-corrected chi connectivity index (χ4v) is 2.68. The van der Waals surface area contributed by atoms with E-state index < -0.39 is 0 Å². The first-order valence-electron chi connectivity index (χ1n) is 7.42. The summed E-state index contributed by atoms with van der Waals surface area (Å²) in [5.41, 5.74) is 3.97. The summed E-state index contributed by atoms with van der Waals surface area (Å²) < 4.78 is 6.15. The summed E-state index contributed by atoms with van der Waals surface area (Å²) in [6.45, 7) is 3.04. The number of para-hydroxylation sites is 1. The predicted molar refractivity (Wildman–Crippen MR) is 83.5 cm³/mol. The molecule has 20 heavy (non-hydrogen) atoms. The zero-order valence-electron chi connectivity index (χ0n) is 11.9. The van der Waals surface area contributed by atoms with Crippen molar-refractivity contribution in [3.8, 4) is 5.75 Å². The Morgan fingerprint density at radius 1 is 1.15 bits per heavy atom. The summed E-state index contributed by atoms with van der Waals surface area (Å²) >= 11 is 0. The Hall–Kier alpha value is -1.96. The number of fused-ring (bicyclic) bond motifs is 1. The van der Waals surface area contributed by atoms with Crippen LogP contribution in [0.15, 0.2) is 48.5 Å². The third kappa shape index (κ3) is 2.96. The van der Waals surface area contributed by atoms with Crippen molar-refractivity contribution in [2.75, 3.05) is 11.9 Å². The SMILES string of the molecule is CCc1cccc(OC2CCc3ccccc3NC2)c1. The number of aryl methyl sites for hydroxylation is 2. The lowest BCUT2D eigenvalue weighted by Crippen LogP contribution is -2.24. The lowest BCUT2D eigenvalue weighted by atomic mass is 10.1. The minimum absolute atomic E-state index is 0.231. The average molecular weight is 267 g/mol. The van der Waals surface area contributed by atoms with Crippen molar-refractivity contribution in [3.63, 3.8) is 0 Å². The van der Waals surface area contributed by atoms with E-state index in [2.05, 4.69) is 60.8 Å². The molecule has 0 radical (unpaired) electrons. The molecule has 1 aliphatic rings. The minimum Gasteiger partial charge on any atom is -0.489 e. The predicted octanol–water partition coefficient (Wildman–Crippen LogP) is 4.05. The topological polar surface area (TPSA) is 21.3 Å². The minimum atomic E-state index is 0.231. The molecule has 0 bridgehead atoms. The maximum absolute atomic E-state index is 6.15. The van der Waals surface area contributed by atoms with E-state index in [-0.39, 0.29) is 6.10 Å². The van der Waals surface area contributed by atoms with Gasteiger partial charge in [-0.2, -0.15) is 0 Å². The smallest absolute Gasteiger partial charge is 0.120 e. The standard InChI is InChI=1S/C18H21NO/c1-2-14-6-5-8-16(12-14)20-17-11-10-15-7-3-4-9-18(15)19-13-17/h3-9,12,17,19H,2,10-11,13H2,1H3. The van der Waals surface area contributed by atoms with Crippen molar-refractivity contribution in [1.29, 1.82) is 0 Å². The molecule has 2 aromatic rings. The third-order valence-electron chi connectivity index (χ3n) is 3.88. The van der Waals surface area contributed by atoms with E-state index >= 15 is 0 Å². The first-order valence-corrected chi connectivity index (χ1v) is 7.42. The first kappa shape index (κ1) is 13.0. The average Bonchev–Trinajstić information content (AvgIpc) is 2.70. The number of ether oxygens (including phenoxy) is 1. The molecular weight excluding hydrogens is 246 g/mol. The maximum Gasteiger partial charge on any atom is 0.120 e. The molecule has 0 amide bonds. The summed E-state index contributed by atoms with van der Waals surface area (Å²) in [4.78, 5) is 0. The van der Waals surface area contributed by atoms with E-state index in [0.29, 0.717) is 0 Å². The number of hydrogen-bond acceptors (Lipinski definition) is 2. The van der Waals surface area contributed by atoms with Gasteiger partial charge in [0.05, 0.1) is 6.54 Å². The summed E-state index contributed by atoms with van der Waals surface area (Å²) in [5, 5.41) is 3.50. The van der Waals surface area contributed by atoms with Crippen LogP contribution in [-0.4, -0.2) is 12.6 Å². The van der Waals surface area contributed by atoms with Crippen LogP contribution in [0.25, 0.3) is 0 Å². The van der Waals surface area contributed by atoms with Crippen LogP contribution in [0, 0.1) is 0 Å². The van der Waals surface area contributed by atoms with Crippen LogP contribution in [0.3, 0.4) is 0 Å². The van der Waals surface area contributed by atoms with Gasteiger partial charge < -0.3 is 10.1 Å². The summed E-state index contributed by atoms with van der Waals surface area (Å²) in [7, 11) is 0. The molecule has 1 heterocycles. The van der Waals surface area contributed by atoms with Gasteiger partial charge in [-0.15, -0.1) is 0 Å². The van der Waals surface area contributed by atoms with E-state index in [1.807, 2.05) is 0 Å². The highest BCUT2D eigenvalue weighted by molar-refractivity contribution is 5.52. The fraction of sp³-hybridized carbons (Fsp3) is 0.333. The second-order valence-electron chi connectivity index (χ2n) is 5.32. The number of benzene rings is 2. The van der Waals surface area contributed by atoms with Crippen LogP contribution in [0.1, 0.15) is 24.5 Å². The Balaban J connectivity index is 1.68. The molecule has 1 N–H and O–H groups in total. The van der Waals surface area contributed by atoms with Gasteiger partial charge in [-0.1, -0.05) is 37.3 Å². The summed E-state index contributed by atoms with van der Waals surface area (Å²) in [6.07, 6.45) is 3.40. The Morgan fingerprint density at radius 3 is 2.95 bits per heavy atom. The Kier molecular flexibility index (Phi) is 3.91. The molecule has 1 atom stereocenters. The van der Waals surface area contributed by atoms with Crippen LogP contribution >= 0.6 is 0 Å². The van der Waals surface area contributed by atoms with E-state index in [4.69, 9.17) is 4.74 Å². The molecule has 2 nitrogen and oxygen atoms in total. The molecule has 0 saturated heterocycles. The molecule has 3 rings (SSSR count). The molecule has 2 heteroatoms. The van der Waals surface area contributed by atoms with Gasteiger partial charge in [0, 0.05) is 5.69 Å². The highest BCUT2D eigenvalue weighted by Gasteiger charge is 2.16. The molecule has 1 unspecified atom stereocenters. The van der Waals surface area contributed by atoms with Gasteiger partial charge in [0.2, 0.25) is 0 Å². The highest BCUT2D eigenvalue weighted by atomic mass is 16.5. The van der Waals surface area contributed by atoms with Crippen LogP contribution in [0.2, 0.25) is 0 Å². The van der Waals surface area contributed by atoms with Crippen molar-refractivity contribution in [1.82, 2.24) is 0 Å². The van der Waals surface area contributed by atoms with Crippen molar-refractivity contribution < 1.29 is 4.74 Å². The van der Waals surface area contributed by atoms with Gasteiger partial charge in [-0.25, -0.2) is 0 Å². The van der Waals surface area contributed by atoms with E-state index in [1.54, 1.807) is 0 Å². The van der Waals surface area contributed by atoms with Crippen LogP contribution < -0.4 is 10.1 Å². The normalized spacial score (nSPS) is 17.8. The van der Waals surface area contributed by atoms with Crippen molar-refractivity contribution in [2.24, 2.45) is 0 Å². The van der Waals surface area contributed by atoms with Gasteiger partial charge in [0.25, 0.3) is 0 Å². The van der Waals surface area contributed by atoms with Crippen molar-refractivity contribution in [2.45, 2.75) is 32.3 Å². The number of anilines is 1. The lowest BCUT2D eigenvalue weighted by molar-refractivity contribution is 0.206. The quantitative estimate of drug-likeness (QED) is 0.905. The molecule has 1 aliphatic heterocycles. The zero-order valence-corrected chi connectivity index (χ0v) is 11.9. The van der Waals surface area contributed by atoms with Gasteiger partial charge in [-0.3, -0.25) is 0 Å². The Bertz CT molecular complexity index is 552. The second kappa shape index (κ2) is 6.00. The Morgan fingerprint density at radius 2 is 2.05 bits per heavy atom. The monoisotopic (exact) mass is 267 g/mol. The van der Waals surface area contributed by atoms with Crippen molar-refractivity contribution in [3.05, 3.63) is 59.7 Å². The first-order chi connectivity index (χ1) is 9.85. The van der Waals surface area contributed by atoms with Crippen LogP contribution in [0.4, 0.5) is 5.69 Å². The largest absolute Gasteiger partial charge is 0.489 e. The molecule has 0 spiro atoms. The second-order valence-corrected chi connectivity index (χ2v) is 5.32. The summed E-state index contributed by atoms with van der Waals surface area (Å²) in [6, 6.07) is 17.0. The van der Waals surface area contributed by atoms with Gasteiger partial charge in [0.1, 0.15) is 11.9 Å². The van der Waals surface area contributed by atoms with Gasteiger partial charge in [-0.05, 0) is 48.6 Å². The molecule has 2 aromatic carbocycles. The molecule has 0 saturated carbocycles. The summed E-state index contributed by atoms with van der Waals surface area (Å²) in [5.74, 6) is 0.988. The molecular formula is C18H21NO. The maximum atomic E-state index is 6.15. The molecule has 0 aromatic heterocycles. The third-order valence-corrected chi connectivity index (χ3v) is 3.88. The molecule has 0 fully saturated rings. The number of rotatable bonds is 3. The zero-order chi connectivity index (χ0) is 13.8. The Labute approximate surface area is 120 Å². The van der Waals surface area contributed by atoms with Gasteiger partial charge >= 0.3 is 0 Å². The molecule has 0 aliphatic carbocycles. The van der Waals surface area contributed by atoms with Gasteiger partial charge in [0.15, 0.2) is 0 Å². The number of hydrogen-bond donors (Lipinski definition) is 1. The van der Waals surface area contributed by atoms with E-state index in [9.17, 15) is 0 Å². The lowest BCUT2D eigenvalue weighted by Gasteiger charge is -2.17. The fourth-order valence-electron chi connectivity index (χ4n) is 2.68. The van der Waals surface area contributed by atoms with E-state index in [0.717, 1.165) is 31.6 Å². The highest BCUT2D eigenvalue weighted by Crippen LogP contribution is 2.23.